The third-order valence-electron chi connectivity index (χ3n) is 3.12. The largest absolute Gasteiger partial charge is 0.391 e. The molecule has 0 saturated heterocycles. The van der Waals surface area contributed by atoms with Gasteiger partial charge in [0.1, 0.15) is 0 Å². The minimum atomic E-state index is -0.581. The van der Waals surface area contributed by atoms with Crippen LogP contribution >= 0.6 is 0 Å². The van der Waals surface area contributed by atoms with Crippen LogP contribution in [0.3, 0.4) is 0 Å². The fourth-order valence-electron chi connectivity index (χ4n) is 2.11. The van der Waals surface area contributed by atoms with Crippen LogP contribution in [-0.2, 0) is 0 Å². The number of aliphatic hydroxyl groups is 1. The van der Waals surface area contributed by atoms with Gasteiger partial charge in [-0.25, -0.2) is 0 Å². The average Bonchev–Trinajstić information content (AvgIpc) is 2.18. The van der Waals surface area contributed by atoms with Gasteiger partial charge in [-0.1, -0.05) is 19.3 Å². The van der Waals surface area contributed by atoms with Gasteiger partial charge in [0, 0.05) is 0 Å². The molecule has 1 saturated carbocycles. The fourth-order valence-corrected chi connectivity index (χ4v) is 2.11. The molecule has 13 heavy (non-hydrogen) atoms. The Kier molecular flexibility index (Phi) is 3.33. The van der Waals surface area contributed by atoms with E-state index < -0.39 is 11.5 Å². The average molecular weight is 181 g/mol. The topological polar surface area (TPSA) is 44.0 Å². The monoisotopic (exact) mass is 181 g/mol. The van der Waals surface area contributed by atoms with Gasteiger partial charge in [0.15, 0.2) is 0 Å². The summed E-state index contributed by atoms with van der Waals surface area (Å²) in [6, 6.07) is 2.19. The molecule has 0 radical (unpaired) electrons. The molecule has 2 heteroatoms. The van der Waals surface area contributed by atoms with E-state index in [1.54, 1.807) is 0 Å². The van der Waals surface area contributed by atoms with E-state index in [9.17, 15) is 5.11 Å². The van der Waals surface area contributed by atoms with Crippen molar-refractivity contribution < 1.29 is 5.11 Å². The highest BCUT2D eigenvalue weighted by atomic mass is 16.3. The highest BCUT2D eigenvalue weighted by Gasteiger charge is 2.34. The van der Waals surface area contributed by atoms with Gasteiger partial charge in [-0.15, -0.1) is 0 Å². The van der Waals surface area contributed by atoms with E-state index in [-0.39, 0.29) is 0 Å². The molecule has 1 unspecified atom stereocenters. The number of rotatable bonds is 2. The van der Waals surface area contributed by atoms with E-state index in [0.717, 1.165) is 12.8 Å². The van der Waals surface area contributed by atoms with Gasteiger partial charge in [0.2, 0.25) is 0 Å². The first-order valence-electron chi connectivity index (χ1n) is 5.17. The second-order valence-electron chi connectivity index (χ2n) is 4.68. The predicted molar refractivity (Wildman–Crippen MR) is 52.0 cm³/mol. The lowest BCUT2D eigenvalue weighted by Gasteiger charge is -2.33. The van der Waals surface area contributed by atoms with Gasteiger partial charge in [-0.3, -0.25) is 0 Å². The highest BCUT2D eigenvalue weighted by molar-refractivity contribution is 4.99. The molecule has 1 fully saturated rings. The summed E-state index contributed by atoms with van der Waals surface area (Å²) in [7, 11) is 0. The number of hydrogen-bond donors (Lipinski definition) is 1. The fraction of sp³-hybridized carbons (Fsp3) is 0.909. The van der Waals surface area contributed by atoms with Crippen LogP contribution in [0.4, 0.5) is 0 Å². The van der Waals surface area contributed by atoms with Gasteiger partial charge in [-0.2, -0.15) is 5.26 Å². The highest BCUT2D eigenvalue weighted by Crippen LogP contribution is 2.34. The van der Waals surface area contributed by atoms with Crippen molar-refractivity contribution in [1.82, 2.24) is 0 Å². The summed E-state index contributed by atoms with van der Waals surface area (Å²) in [4.78, 5) is 0. The summed E-state index contributed by atoms with van der Waals surface area (Å²) in [5.74, 6) is 0.350. The van der Waals surface area contributed by atoms with Crippen LogP contribution in [0.5, 0.6) is 0 Å². The van der Waals surface area contributed by atoms with Crippen molar-refractivity contribution in [3.63, 3.8) is 0 Å². The molecule has 1 N–H and O–H groups in total. The normalized spacial score (nSPS) is 22.3. The van der Waals surface area contributed by atoms with Crippen molar-refractivity contribution in [3.05, 3.63) is 0 Å². The Morgan fingerprint density at radius 2 is 1.85 bits per heavy atom. The number of nitrogens with zero attached hydrogens (tertiary/aromatic N) is 1. The summed E-state index contributed by atoms with van der Waals surface area (Å²) in [6.45, 7) is 3.65. The zero-order chi connectivity index (χ0) is 9.90. The molecule has 0 spiro atoms. The van der Waals surface area contributed by atoms with Crippen LogP contribution in [0.2, 0.25) is 0 Å². The Labute approximate surface area is 80.6 Å². The minimum absolute atomic E-state index is 0.350. The lowest BCUT2D eigenvalue weighted by Crippen LogP contribution is -2.36. The van der Waals surface area contributed by atoms with Crippen molar-refractivity contribution in [2.75, 3.05) is 0 Å². The van der Waals surface area contributed by atoms with E-state index >= 15 is 0 Å². The Bertz CT molecular complexity index is 199. The zero-order valence-electron chi connectivity index (χ0n) is 8.58. The van der Waals surface area contributed by atoms with Crippen LogP contribution in [-0.4, -0.2) is 11.2 Å². The quantitative estimate of drug-likeness (QED) is 0.711. The van der Waals surface area contributed by atoms with Crippen molar-refractivity contribution in [1.29, 1.82) is 5.26 Å². The van der Waals surface area contributed by atoms with Crippen LogP contribution in [0, 0.1) is 22.7 Å². The molecule has 0 aromatic heterocycles. The first-order valence-corrected chi connectivity index (χ1v) is 5.17. The van der Waals surface area contributed by atoms with Gasteiger partial charge in [0.05, 0.1) is 17.6 Å². The molecule has 0 bridgehead atoms. The maximum absolute atomic E-state index is 9.98. The molecule has 0 aromatic carbocycles. The predicted octanol–water partition coefficient (Wildman–Crippen LogP) is 2.48. The molecule has 1 aliphatic rings. The van der Waals surface area contributed by atoms with Crippen LogP contribution in [0.1, 0.15) is 46.0 Å². The third kappa shape index (κ3) is 2.45. The first-order chi connectivity index (χ1) is 6.08. The van der Waals surface area contributed by atoms with E-state index in [0.29, 0.717) is 5.92 Å². The van der Waals surface area contributed by atoms with Crippen molar-refractivity contribution >= 4 is 0 Å². The molecule has 0 heterocycles. The summed E-state index contributed by atoms with van der Waals surface area (Å²) < 4.78 is 0. The van der Waals surface area contributed by atoms with Crippen molar-refractivity contribution in [2.24, 2.45) is 11.3 Å². The zero-order valence-corrected chi connectivity index (χ0v) is 8.58. The van der Waals surface area contributed by atoms with Gasteiger partial charge < -0.3 is 5.11 Å². The number of nitriles is 1. The summed E-state index contributed by atoms with van der Waals surface area (Å²) in [6.07, 6.45) is 5.44. The van der Waals surface area contributed by atoms with E-state index in [1.165, 1.54) is 19.3 Å². The van der Waals surface area contributed by atoms with Crippen LogP contribution < -0.4 is 0 Å². The Morgan fingerprint density at radius 1 is 1.31 bits per heavy atom. The smallest absolute Gasteiger partial charge is 0.0779 e. The van der Waals surface area contributed by atoms with Crippen molar-refractivity contribution in [3.8, 4) is 6.07 Å². The first kappa shape index (κ1) is 10.5. The summed E-state index contributed by atoms with van der Waals surface area (Å²) in [5, 5.41) is 18.9. The van der Waals surface area contributed by atoms with E-state index in [2.05, 4.69) is 6.07 Å². The summed E-state index contributed by atoms with van der Waals surface area (Å²) >= 11 is 0. The molecule has 1 aliphatic carbocycles. The molecular weight excluding hydrogens is 162 g/mol. The molecule has 0 aliphatic heterocycles. The van der Waals surface area contributed by atoms with Gasteiger partial charge in [-0.05, 0) is 32.6 Å². The number of hydrogen-bond acceptors (Lipinski definition) is 2. The third-order valence-corrected chi connectivity index (χ3v) is 3.12. The Balaban J connectivity index is 2.55. The molecule has 1 atom stereocenters. The maximum atomic E-state index is 9.98. The van der Waals surface area contributed by atoms with E-state index in [4.69, 9.17) is 5.26 Å². The SMILES string of the molecule is CC(C)(C#N)C(O)C1CCCCC1. The second kappa shape index (κ2) is 4.11. The lowest BCUT2D eigenvalue weighted by molar-refractivity contribution is 0.0161. The van der Waals surface area contributed by atoms with Crippen molar-refractivity contribution in [2.45, 2.75) is 52.1 Å². The van der Waals surface area contributed by atoms with Gasteiger partial charge >= 0.3 is 0 Å². The molecular formula is C11H19NO. The Morgan fingerprint density at radius 3 is 2.31 bits per heavy atom. The second-order valence-corrected chi connectivity index (χ2v) is 4.68. The minimum Gasteiger partial charge on any atom is -0.391 e. The maximum Gasteiger partial charge on any atom is 0.0779 e. The molecule has 1 rings (SSSR count). The standard InChI is InChI=1S/C11H19NO/c1-11(2,8-12)10(13)9-6-4-3-5-7-9/h9-10,13H,3-7H2,1-2H3. The molecule has 74 valence electrons. The summed E-state index contributed by atoms with van der Waals surface area (Å²) in [5.41, 5.74) is -0.581. The molecule has 2 nitrogen and oxygen atoms in total. The number of aliphatic hydroxyl groups excluding tert-OH is 1. The Hall–Kier alpha value is -0.550. The molecule has 0 aromatic rings. The van der Waals surface area contributed by atoms with E-state index in [1.807, 2.05) is 13.8 Å². The van der Waals surface area contributed by atoms with Gasteiger partial charge in [0.25, 0.3) is 0 Å². The lowest BCUT2D eigenvalue weighted by atomic mass is 9.75. The molecule has 0 amide bonds. The van der Waals surface area contributed by atoms with Crippen LogP contribution in [0.25, 0.3) is 0 Å². The van der Waals surface area contributed by atoms with Crippen LogP contribution in [0.15, 0.2) is 0 Å².